The van der Waals surface area contributed by atoms with Crippen molar-refractivity contribution in [2.75, 3.05) is 0 Å². The Balaban J connectivity index is 2.37. The van der Waals surface area contributed by atoms with Gasteiger partial charge in [-0.15, -0.1) is 0 Å². The number of nitrogens with zero attached hydrogens (tertiary/aromatic N) is 1. The molecular weight excluding hydrogens is 253 g/mol. The van der Waals surface area contributed by atoms with Crippen LogP contribution in [0.1, 0.15) is 23.0 Å². The molecule has 2 aromatic rings. The summed E-state index contributed by atoms with van der Waals surface area (Å²) in [4.78, 5) is 17.4. The number of hydrogen-bond acceptors (Lipinski definition) is 2. The molecule has 1 aromatic heterocycles. The van der Waals surface area contributed by atoms with Crippen LogP contribution >= 0.6 is 0 Å². The zero-order valence-corrected chi connectivity index (χ0v) is 10.4. The monoisotopic (exact) mass is 265 g/mol. The normalized spacial score (nSPS) is 10.3. The van der Waals surface area contributed by atoms with Gasteiger partial charge in [0.05, 0.1) is 0 Å². The molecule has 0 spiro atoms. The van der Waals surface area contributed by atoms with Gasteiger partial charge in [-0.1, -0.05) is 0 Å². The van der Waals surface area contributed by atoms with Crippen molar-refractivity contribution in [3.05, 3.63) is 40.5 Å². The first-order valence-electron chi connectivity index (χ1n) is 4.70. The number of hydrogen-bond donors (Lipinski definition) is 0. The zero-order chi connectivity index (χ0) is 10.8. The SMILES string of the molecule is CC(=O)c1c[se]c(-c2ccc(C)cc2)n1. The number of rotatable bonds is 2. The maximum atomic E-state index is 11.1. The topological polar surface area (TPSA) is 30.0 Å². The Morgan fingerprint density at radius 2 is 1.93 bits per heavy atom. The number of carbonyl (C=O) groups is 1. The van der Waals surface area contributed by atoms with E-state index in [1.54, 1.807) is 6.92 Å². The Hall–Kier alpha value is -1.18. The van der Waals surface area contributed by atoms with Gasteiger partial charge < -0.3 is 0 Å². The average molecular weight is 264 g/mol. The van der Waals surface area contributed by atoms with Gasteiger partial charge in [0, 0.05) is 0 Å². The van der Waals surface area contributed by atoms with Crippen LogP contribution in [0, 0.1) is 6.92 Å². The van der Waals surface area contributed by atoms with Crippen molar-refractivity contribution >= 4 is 20.3 Å². The second-order valence-corrected chi connectivity index (χ2v) is 5.26. The van der Waals surface area contributed by atoms with Crippen molar-refractivity contribution in [2.24, 2.45) is 0 Å². The van der Waals surface area contributed by atoms with Crippen LogP contribution < -0.4 is 0 Å². The minimum atomic E-state index is 0.0546. The molecule has 0 aliphatic rings. The number of Topliss-reactive ketones (excluding diaryl/α,β-unsaturated/α-hetero) is 1. The fraction of sp³-hybridized carbons (Fsp3) is 0.167. The first-order valence-corrected chi connectivity index (χ1v) is 6.55. The van der Waals surface area contributed by atoms with E-state index < -0.39 is 0 Å². The van der Waals surface area contributed by atoms with E-state index in [-0.39, 0.29) is 20.3 Å². The van der Waals surface area contributed by atoms with E-state index in [2.05, 4.69) is 36.2 Å². The summed E-state index contributed by atoms with van der Waals surface area (Å²) in [5.41, 5.74) is 2.99. The Kier molecular flexibility index (Phi) is 2.85. The molecule has 0 radical (unpaired) electrons. The molecule has 2 nitrogen and oxygen atoms in total. The van der Waals surface area contributed by atoms with Crippen LogP contribution in [0.25, 0.3) is 10.1 Å². The molecule has 76 valence electrons. The third-order valence-electron chi connectivity index (χ3n) is 2.16. The molecule has 1 heterocycles. The van der Waals surface area contributed by atoms with Crippen molar-refractivity contribution in [3.8, 4) is 10.1 Å². The summed E-state index contributed by atoms with van der Waals surface area (Å²) in [7, 11) is 0. The van der Waals surface area contributed by atoms with E-state index >= 15 is 0 Å². The Bertz CT molecular complexity index is 485. The van der Waals surface area contributed by atoms with E-state index in [9.17, 15) is 4.79 Å². The molecule has 0 saturated carbocycles. The van der Waals surface area contributed by atoms with Crippen LogP contribution in [0.3, 0.4) is 0 Å². The molecule has 3 heteroatoms. The summed E-state index contributed by atoms with van der Waals surface area (Å²) in [5, 5.41) is 0. The first kappa shape index (κ1) is 10.3. The fourth-order valence-corrected chi connectivity index (χ4v) is 3.08. The molecule has 15 heavy (non-hydrogen) atoms. The summed E-state index contributed by atoms with van der Waals surface area (Å²) < 4.78 is 1.05. The van der Waals surface area contributed by atoms with Crippen LogP contribution in [0.2, 0.25) is 0 Å². The predicted octanol–water partition coefficient (Wildman–Crippen LogP) is 2.32. The molecule has 0 aliphatic heterocycles. The van der Waals surface area contributed by atoms with Crippen LogP contribution in [-0.2, 0) is 0 Å². The zero-order valence-electron chi connectivity index (χ0n) is 8.65. The molecule has 0 atom stereocenters. The third-order valence-corrected chi connectivity index (χ3v) is 4.03. The van der Waals surface area contributed by atoms with E-state index in [1.807, 2.05) is 4.94 Å². The summed E-state index contributed by atoms with van der Waals surface area (Å²) in [6.07, 6.45) is 0. The Morgan fingerprint density at radius 1 is 1.27 bits per heavy atom. The van der Waals surface area contributed by atoms with Gasteiger partial charge in [-0.3, -0.25) is 0 Å². The number of benzene rings is 1. The molecule has 0 amide bonds. The van der Waals surface area contributed by atoms with Crippen LogP contribution in [0.15, 0.2) is 29.2 Å². The van der Waals surface area contributed by atoms with Gasteiger partial charge in [-0.05, 0) is 0 Å². The molecule has 0 fully saturated rings. The molecule has 0 bridgehead atoms. The minimum absolute atomic E-state index is 0.0546. The Morgan fingerprint density at radius 3 is 2.47 bits per heavy atom. The van der Waals surface area contributed by atoms with E-state index in [0.717, 1.165) is 10.1 Å². The van der Waals surface area contributed by atoms with Gasteiger partial charge in [0.2, 0.25) is 0 Å². The molecule has 0 aliphatic carbocycles. The summed E-state index contributed by atoms with van der Waals surface area (Å²) in [6, 6.07) is 8.26. The standard InChI is InChI=1S/C12H11NOSe/c1-8-3-5-10(6-4-8)12-13-11(7-15-12)9(2)14/h3-7H,1-2H3. The summed E-state index contributed by atoms with van der Waals surface area (Å²) >= 11 is 0.205. The number of aryl methyl sites for hydroxylation is 1. The van der Waals surface area contributed by atoms with Crippen molar-refractivity contribution in [3.63, 3.8) is 0 Å². The van der Waals surface area contributed by atoms with Gasteiger partial charge >= 0.3 is 94.5 Å². The second-order valence-electron chi connectivity index (χ2n) is 3.46. The van der Waals surface area contributed by atoms with E-state index in [1.165, 1.54) is 5.56 Å². The molecular formula is C12H11NOSe. The fourth-order valence-electron chi connectivity index (χ4n) is 1.26. The van der Waals surface area contributed by atoms with Crippen molar-refractivity contribution in [1.29, 1.82) is 0 Å². The number of carbonyl (C=O) groups excluding carboxylic acids is 1. The number of aromatic nitrogens is 1. The van der Waals surface area contributed by atoms with Crippen LogP contribution in [0.5, 0.6) is 0 Å². The van der Waals surface area contributed by atoms with Gasteiger partial charge in [0.15, 0.2) is 0 Å². The van der Waals surface area contributed by atoms with Crippen LogP contribution in [0.4, 0.5) is 0 Å². The molecule has 1 aromatic carbocycles. The van der Waals surface area contributed by atoms with Crippen molar-refractivity contribution in [2.45, 2.75) is 13.8 Å². The predicted molar refractivity (Wildman–Crippen MR) is 61.4 cm³/mol. The third kappa shape index (κ3) is 2.25. The molecule has 0 N–H and O–H groups in total. The van der Waals surface area contributed by atoms with Crippen molar-refractivity contribution in [1.82, 2.24) is 4.98 Å². The van der Waals surface area contributed by atoms with Gasteiger partial charge in [0.1, 0.15) is 0 Å². The van der Waals surface area contributed by atoms with Gasteiger partial charge in [-0.25, -0.2) is 0 Å². The van der Waals surface area contributed by atoms with Gasteiger partial charge in [-0.2, -0.15) is 0 Å². The molecule has 2 rings (SSSR count). The quantitative estimate of drug-likeness (QED) is 0.615. The van der Waals surface area contributed by atoms with Crippen LogP contribution in [-0.4, -0.2) is 25.3 Å². The van der Waals surface area contributed by atoms with E-state index in [0.29, 0.717) is 5.69 Å². The average Bonchev–Trinajstić information content (AvgIpc) is 2.68. The summed E-state index contributed by atoms with van der Waals surface area (Å²) in [5.74, 6) is 0.0546. The first-order chi connectivity index (χ1) is 7.16. The van der Waals surface area contributed by atoms with Crippen molar-refractivity contribution < 1.29 is 4.79 Å². The second kappa shape index (κ2) is 4.13. The Labute approximate surface area is 94.7 Å². The van der Waals surface area contributed by atoms with E-state index in [4.69, 9.17) is 0 Å². The summed E-state index contributed by atoms with van der Waals surface area (Å²) in [6.45, 7) is 3.62. The molecule has 0 unspecified atom stereocenters. The number of ketones is 1. The molecule has 0 saturated heterocycles. The maximum absolute atomic E-state index is 11.1. The van der Waals surface area contributed by atoms with Gasteiger partial charge in [0.25, 0.3) is 0 Å².